The van der Waals surface area contributed by atoms with Crippen molar-refractivity contribution in [3.63, 3.8) is 0 Å². The number of rotatable bonds is 4. The number of halogens is 1. The highest BCUT2D eigenvalue weighted by Crippen LogP contribution is 2.32. The van der Waals surface area contributed by atoms with E-state index in [1.165, 1.54) is 0 Å². The van der Waals surface area contributed by atoms with Crippen molar-refractivity contribution in [1.29, 1.82) is 0 Å². The van der Waals surface area contributed by atoms with E-state index in [-0.39, 0.29) is 12.7 Å². The van der Waals surface area contributed by atoms with E-state index in [0.717, 1.165) is 15.8 Å². The summed E-state index contributed by atoms with van der Waals surface area (Å²) in [5.41, 5.74) is 1.51. The summed E-state index contributed by atoms with van der Waals surface area (Å²) in [4.78, 5) is 12.2. The van der Waals surface area contributed by atoms with Gasteiger partial charge in [-0.25, -0.2) is 0 Å². The average molecular weight is 364 g/mol. The first-order chi connectivity index (χ1) is 10.7. The molecule has 0 aromatic heterocycles. The number of hydrogen-bond donors (Lipinski definition) is 1. The molecule has 1 aliphatic rings. The van der Waals surface area contributed by atoms with Gasteiger partial charge in [0.15, 0.2) is 11.5 Å². The molecular formula is C16H14BrNO4. The summed E-state index contributed by atoms with van der Waals surface area (Å²) in [6, 6.07) is 10.8. The maximum atomic E-state index is 12.2. The summed E-state index contributed by atoms with van der Waals surface area (Å²) in [5, 5.41) is 2.87. The van der Waals surface area contributed by atoms with Crippen LogP contribution >= 0.6 is 15.9 Å². The minimum Gasteiger partial charge on any atom is -0.496 e. The van der Waals surface area contributed by atoms with Gasteiger partial charge < -0.3 is 19.5 Å². The molecule has 1 amide bonds. The molecule has 0 radical (unpaired) electrons. The van der Waals surface area contributed by atoms with E-state index in [1.807, 2.05) is 18.2 Å². The van der Waals surface area contributed by atoms with Crippen molar-refractivity contribution in [3.8, 4) is 17.2 Å². The number of nitrogens with one attached hydrogen (secondary N) is 1. The van der Waals surface area contributed by atoms with Gasteiger partial charge in [-0.05, 0) is 51.8 Å². The summed E-state index contributed by atoms with van der Waals surface area (Å²) in [7, 11) is 1.58. The number of fused-ring (bicyclic) bond motifs is 1. The lowest BCUT2D eigenvalue weighted by molar-refractivity contribution is 0.0950. The summed E-state index contributed by atoms with van der Waals surface area (Å²) < 4.78 is 16.5. The predicted octanol–water partition coefficient (Wildman–Crippen LogP) is 3.12. The number of ether oxygens (including phenoxy) is 3. The van der Waals surface area contributed by atoms with E-state index in [0.29, 0.717) is 23.6 Å². The van der Waals surface area contributed by atoms with Crippen LogP contribution in [0.15, 0.2) is 40.9 Å². The number of methoxy groups -OCH3 is 1. The molecule has 0 aliphatic carbocycles. The molecule has 0 spiro atoms. The predicted molar refractivity (Wildman–Crippen MR) is 84.4 cm³/mol. The number of amides is 1. The van der Waals surface area contributed by atoms with E-state index in [1.54, 1.807) is 25.3 Å². The van der Waals surface area contributed by atoms with E-state index < -0.39 is 0 Å². The molecule has 1 aliphatic heterocycles. The molecule has 0 fully saturated rings. The molecule has 2 aromatic rings. The maximum absolute atomic E-state index is 12.2. The van der Waals surface area contributed by atoms with Crippen LogP contribution in [-0.2, 0) is 6.54 Å². The second-order valence-corrected chi connectivity index (χ2v) is 5.57. The van der Waals surface area contributed by atoms with Gasteiger partial charge in [0, 0.05) is 12.1 Å². The molecule has 3 rings (SSSR count). The van der Waals surface area contributed by atoms with Crippen LogP contribution in [0.3, 0.4) is 0 Å². The molecule has 114 valence electrons. The Morgan fingerprint density at radius 2 is 2.05 bits per heavy atom. The molecule has 0 atom stereocenters. The Balaban J connectivity index is 1.66. The third-order valence-corrected chi connectivity index (χ3v) is 3.92. The fourth-order valence-corrected chi connectivity index (χ4v) is 2.68. The molecule has 0 saturated heterocycles. The van der Waals surface area contributed by atoms with Crippen molar-refractivity contribution >= 4 is 21.8 Å². The topological polar surface area (TPSA) is 56.8 Å². The Hall–Kier alpha value is -2.21. The van der Waals surface area contributed by atoms with Gasteiger partial charge >= 0.3 is 0 Å². The summed E-state index contributed by atoms with van der Waals surface area (Å²) >= 11 is 3.37. The third-order valence-electron chi connectivity index (χ3n) is 3.30. The van der Waals surface area contributed by atoms with E-state index in [4.69, 9.17) is 14.2 Å². The fourth-order valence-electron chi connectivity index (χ4n) is 2.14. The van der Waals surface area contributed by atoms with Gasteiger partial charge in [0.25, 0.3) is 5.91 Å². The van der Waals surface area contributed by atoms with Crippen LogP contribution in [0.25, 0.3) is 0 Å². The molecule has 2 aromatic carbocycles. The average Bonchev–Trinajstić information content (AvgIpc) is 3.00. The summed E-state index contributed by atoms with van der Waals surface area (Å²) in [5.74, 6) is 1.97. The standard InChI is InChI=1S/C16H14BrNO4/c1-20-13-5-3-11(7-12(13)17)16(19)18-8-10-2-4-14-15(6-10)22-9-21-14/h2-7H,8-9H2,1H3,(H,18,19). The second-order valence-electron chi connectivity index (χ2n) is 4.72. The molecule has 22 heavy (non-hydrogen) atoms. The highest BCUT2D eigenvalue weighted by atomic mass is 79.9. The Morgan fingerprint density at radius 1 is 1.23 bits per heavy atom. The molecule has 6 heteroatoms. The summed E-state index contributed by atoms with van der Waals surface area (Å²) in [6.07, 6.45) is 0. The zero-order valence-electron chi connectivity index (χ0n) is 11.9. The zero-order valence-corrected chi connectivity index (χ0v) is 13.5. The van der Waals surface area contributed by atoms with E-state index >= 15 is 0 Å². The van der Waals surface area contributed by atoms with Crippen LogP contribution in [-0.4, -0.2) is 19.8 Å². The van der Waals surface area contributed by atoms with E-state index in [2.05, 4.69) is 21.2 Å². The minimum atomic E-state index is -0.152. The van der Waals surface area contributed by atoms with Gasteiger partial charge in [-0.2, -0.15) is 0 Å². The van der Waals surface area contributed by atoms with Crippen LogP contribution in [0.1, 0.15) is 15.9 Å². The smallest absolute Gasteiger partial charge is 0.251 e. The molecule has 0 saturated carbocycles. The van der Waals surface area contributed by atoms with Crippen molar-refractivity contribution in [1.82, 2.24) is 5.32 Å². The van der Waals surface area contributed by atoms with Crippen molar-refractivity contribution in [2.45, 2.75) is 6.54 Å². The summed E-state index contributed by atoms with van der Waals surface area (Å²) in [6.45, 7) is 0.657. The molecule has 1 heterocycles. The molecule has 1 N–H and O–H groups in total. The number of carbonyl (C=O) groups is 1. The van der Waals surface area contributed by atoms with Gasteiger partial charge in [0.05, 0.1) is 11.6 Å². The Labute approximate surface area is 136 Å². The van der Waals surface area contributed by atoms with Crippen molar-refractivity contribution in [2.75, 3.05) is 13.9 Å². The van der Waals surface area contributed by atoms with Crippen LogP contribution in [0, 0.1) is 0 Å². The highest BCUT2D eigenvalue weighted by molar-refractivity contribution is 9.10. The third kappa shape index (κ3) is 3.01. The van der Waals surface area contributed by atoms with Gasteiger partial charge in [0.2, 0.25) is 6.79 Å². The lowest BCUT2D eigenvalue weighted by Crippen LogP contribution is -2.22. The molecule has 0 bridgehead atoms. The Bertz CT molecular complexity index is 717. The van der Waals surface area contributed by atoms with Crippen molar-refractivity contribution in [2.24, 2.45) is 0 Å². The minimum absolute atomic E-state index is 0.152. The normalized spacial score (nSPS) is 12.1. The van der Waals surface area contributed by atoms with Gasteiger partial charge in [-0.15, -0.1) is 0 Å². The van der Waals surface area contributed by atoms with Crippen molar-refractivity contribution in [3.05, 3.63) is 52.0 Å². The molecule has 0 unspecified atom stereocenters. The maximum Gasteiger partial charge on any atom is 0.251 e. The number of hydrogen-bond acceptors (Lipinski definition) is 4. The largest absolute Gasteiger partial charge is 0.496 e. The monoisotopic (exact) mass is 363 g/mol. The van der Waals surface area contributed by atoms with Crippen LogP contribution in [0.2, 0.25) is 0 Å². The van der Waals surface area contributed by atoms with Gasteiger partial charge in [-0.1, -0.05) is 6.07 Å². The quantitative estimate of drug-likeness (QED) is 0.906. The van der Waals surface area contributed by atoms with Gasteiger partial charge in [-0.3, -0.25) is 4.79 Å². The number of benzene rings is 2. The molecule has 5 nitrogen and oxygen atoms in total. The first kappa shape index (κ1) is 14.7. The van der Waals surface area contributed by atoms with E-state index in [9.17, 15) is 4.79 Å². The SMILES string of the molecule is COc1ccc(C(=O)NCc2ccc3c(c2)OCO3)cc1Br. The fraction of sp³-hybridized carbons (Fsp3) is 0.188. The van der Waals surface area contributed by atoms with Crippen LogP contribution in [0.4, 0.5) is 0 Å². The zero-order chi connectivity index (χ0) is 15.5. The van der Waals surface area contributed by atoms with Crippen LogP contribution < -0.4 is 19.5 Å². The lowest BCUT2D eigenvalue weighted by Gasteiger charge is -2.08. The molecular weight excluding hydrogens is 350 g/mol. The Kier molecular flexibility index (Phi) is 4.20. The second kappa shape index (κ2) is 6.27. The van der Waals surface area contributed by atoms with Crippen molar-refractivity contribution < 1.29 is 19.0 Å². The highest BCUT2D eigenvalue weighted by Gasteiger charge is 2.14. The Morgan fingerprint density at radius 3 is 2.82 bits per heavy atom. The number of carbonyl (C=O) groups excluding carboxylic acids is 1. The first-order valence-electron chi connectivity index (χ1n) is 6.67. The van der Waals surface area contributed by atoms with Gasteiger partial charge in [0.1, 0.15) is 5.75 Å². The van der Waals surface area contributed by atoms with Crippen LogP contribution in [0.5, 0.6) is 17.2 Å². The lowest BCUT2D eigenvalue weighted by atomic mass is 10.1. The first-order valence-corrected chi connectivity index (χ1v) is 7.47.